The molecule has 2 aromatic carbocycles. The normalized spacial score (nSPS) is 17.8. The number of carbonyl (C=O) groups is 1. The van der Waals surface area contributed by atoms with Crippen molar-refractivity contribution in [1.82, 2.24) is 4.90 Å². The summed E-state index contributed by atoms with van der Waals surface area (Å²) in [5.41, 5.74) is 6.03. The fourth-order valence-corrected chi connectivity index (χ4v) is 4.21. The average Bonchev–Trinajstić information content (AvgIpc) is 2.77. The Morgan fingerprint density at radius 3 is 2.30 bits per heavy atom. The minimum absolute atomic E-state index is 0.0503. The number of ether oxygens (including phenoxy) is 1. The Labute approximate surface area is 179 Å². The second-order valence-corrected chi connectivity index (χ2v) is 8.18. The Morgan fingerprint density at radius 1 is 0.900 bits per heavy atom. The molecule has 2 saturated heterocycles. The Kier molecular flexibility index (Phi) is 6.55. The molecule has 0 atom stereocenters. The maximum Gasteiger partial charge on any atom is 0.238 e. The number of piperazine rings is 1. The summed E-state index contributed by atoms with van der Waals surface area (Å²) >= 11 is 0. The molecule has 6 heteroatoms. The molecule has 2 aromatic rings. The highest BCUT2D eigenvalue weighted by Gasteiger charge is 2.20. The van der Waals surface area contributed by atoms with E-state index in [0.29, 0.717) is 6.54 Å². The Hall–Kier alpha value is -2.57. The van der Waals surface area contributed by atoms with Gasteiger partial charge in [0, 0.05) is 56.3 Å². The topological polar surface area (TPSA) is 48.0 Å². The monoisotopic (exact) mass is 408 g/mol. The van der Waals surface area contributed by atoms with E-state index in [9.17, 15) is 4.79 Å². The van der Waals surface area contributed by atoms with Gasteiger partial charge in [0.2, 0.25) is 5.91 Å². The van der Waals surface area contributed by atoms with Crippen molar-refractivity contribution in [2.75, 3.05) is 74.1 Å². The number of nitrogens with one attached hydrogen (secondary N) is 1. The number of rotatable bonds is 5. The maximum absolute atomic E-state index is 12.5. The van der Waals surface area contributed by atoms with Gasteiger partial charge < -0.3 is 19.9 Å². The molecule has 1 N–H and O–H groups in total. The minimum atomic E-state index is 0.0503. The van der Waals surface area contributed by atoms with Crippen LogP contribution in [-0.2, 0) is 9.53 Å². The molecule has 0 saturated carbocycles. The van der Waals surface area contributed by atoms with Crippen molar-refractivity contribution in [2.45, 2.75) is 13.8 Å². The molecule has 0 aliphatic carbocycles. The fourth-order valence-electron chi connectivity index (χ4n) is 4.21. The van der Waals surface area contributed by atoms with Crippen LogP contribution in [0.1, 0.15) is 11.1 Å². The van der Waals surface area contributed by atoms with Gasteiger partial charge in [0.05, 0.1) is 19.8 Å². The van der Waals surface area contributed by atoms with Gasteiger partial charge in [0.25, 0.3) is 0 Å². The fraction of sp³-hybridized carbons (Fsp3) is 0.458. The first-order valence-corrected chi connectivity index (χ1v) is 10.9. The number of amides is 1. The SMILES string of the molecule is Cc1cccc(N2CCN(CC(=O)Nc3ccc(N4CCOCC4)cc3)CC2)c1C. The minimum Gasteiger partial charge on any atom is -0.378 e. The number of benzene rings is 2. The molecule has 2 heterocycles. The van der Waals surface area contributed by atoms with Gasteiger partial charge in [0.15, 0.2) is 0 Å². The van der Waals surface area contributed by atoms with Gasteiger partial charge in [-0.1, -0.05) is 12.1 Å². The third-order valence-electron chi connectivity index (χ3n) is 6.18. The van der Waals surface area contributed by atoms with Gasteiger partial charge in [-0.15, -0.1) is 0 Å². The van der Waals surface area contributed by atoms with E-state index in [4.69, 9.17) is 4.74 Å². The van der Waals surface area contributed by atoms with Crippen molar-refractivity contribution in [1.29, 1.82) is 0 Å². The molecule has 0 unspecified atom stereocenters. The number of morpholine rings is 1. The highest BCUT2D eigenvalue weighted by atomic mass is 16.5. The number of hydrogen-bond acceptors (Lipinski definition) is 5. The van der Waals surface area contributed by atoms with Crippen LogP contribution in [0.2, 0.25) is 0 Å². The van der Waals surface area contributed by atoms with E-state index < -0.39 is 0 Å². The smallest absolute Gasteiger partial charge is 0.238 e. The van der Waals surface area contributed by atoms with Gasteiger partial charge in [0.1, 0.15) is 0 Å². The summed E-state index contributed by atoms with van der Waals surface area (Å²) < 4.78 is 5.41. The lowest BCUT2D eigenvalue weighted by Crippen LogP contribution is -2.48. The van der Waals surface area contributed by atoms with Crippen LogP contribution in [0.4, 0.5) is 17.1 Å². The van der Waals surface area contributed by atoms with Crippen molar-refractivity contribution >= 4 is 23.0 Å². The third-order valence-corrected chi connectivity index (χ3v) is 6.18. The van der Waals surface area contributed by atoms with Gasteiger partial charge in [-0.2, -0.15) is 0 Å². The van der Waals surface area contributed by atoms with E-state index >= 15 is 0 Å². The van der Waals surface area contributed by atoms with Gasteiger partial charge >= 0.3 is 0 Å². The number of aryl methyl sites for hydroxylation is 1. The van der Waals surface area contributed by atoms with Crippen LogP contribution in [0, 0.1) is 13.8 Å². The summed E-state index contributed by atoms with van der Waals surface area (Å²) in [5.74, 6) is 0.0503. The predicted octanol–water partition coefficient (Wildman–Crippen LogP) is 2.90. The standard InChI is InChI=1S/C24H32N4O2/c1-19-4-3-5-23(20(19)2)28-12-10-26(11-13-28)18-24(29)25-21-6-8-22(9-7-21)27-14-16-30-17-15-27/h3-9H,10-18H2,1-2H3,(H,25,29). The molecule has 0 spiro atoms. The molecule has 30 heavy (non-hydrogen) atoms. The zero-order valence-electron chi connectivity index (χ0n) is 18.1. The molecule has 0 bridgehead atoms. The number of nitrogens with zero attached hydrogens (tertiary/aromatic N) is 3. The quantitative estimate of drug-likeness (QED) is 0.824. The predicted molar refractivity (Wildman–Crippen MR) is 123 cm³/mol. The molecule has 0 aromatic heterocycles. The zero-order chi connectivity index (χ0) is 20.9. The number of carbonyl (C=O) groups excluding carboxylic acids is 1. The first-order valence-electron chi connectivity index (χ1n) is 10.9. The zero-order valence-corrected chi connectivity index (χ0v) is 18.1. The molecule has 4 rings (SSSR count). The lowest BCUT2D eigenvalue weighted by molar-refractivity contribution is -0.117. The summed E-state index contributed by atoms with van der Waals surface area (Å²) in [7, 11) is 0. The number of anilines is 3. The van der Waals surface area contributed by atoms with E-state index in [-0.39, 0.29) is 5.91 Å². The molecule has 6 nitrogen and oxygen atoms in total. The van der Waals surface area contributed by atoms with Crippen LogP contribution in [-0.4, -0.2) is 69.8 Å². The first kappa shape index (κ1) is 20.7. The lowest BCUT2D eigenvalue weighted by atomic mass is 10.1. The van der Waals surface area contributed by atoms with E-state index in [1.165, 1.54) is 22.5 Å². The average molecular weight is 409 g/mol. The van der Waals surface area contributed by atoms with Gasteiger partial charge in [-0.3, -0.25) is 9.69 Å². The van der Waals surface area contributed by atoms with Gasteiger partial charge in [-0.05, 0) is 55.3 Å². The van der Waals surface area contributed by atoms with Crippen LogP contribution >= 0.6 is 0 Å². The largest absolute Gasteiger partial charge is 0.378 e. The first-order chi connectivity index (χ1) is 14.6. The highest BCUT2D eigenvalue weighted by molar-refractivity contribution is 5.92. The Bertz CT molecular complexity index is 854. The second kappa shape index (κ2) is 9.49. The molecule has 160 valence electrons. The van der Waals surface area contributed by atoms with Crippen molar-refractivity contribution in [3.05, 3.63) is 53.6 Å². The van der Waals surface area contributed by atoms with E-state index in [0.717, 1.165) is 58.2 Å². The number of hydrogen-bond donors (Lipinski definition) is 1. The molecule has 2 fully saturated rings. The van der Waals surface area contributed by atoms with Crippen LogP contribution in [0.15, 0.2) is 42.5 Å². The summed E-state index contributed by atoms with van der Waals surface area (Å²) in [6.07, 6.45) is 0. The molecule has 2 aliphatic heterocycles. The molecular weight excluding hydrogens is 376 g/mol. The summed E-state index contributed by atoms with van der Waals surface area (Å²) in [6, 6.07) is 14.6. The summed E-state index contributed by atoms with van der Waals surface area (Å²) in [5, 5.41) is 3.04. The Morgan fingerprint density at radius 2 is 1.60 bits per heavy atom. The summed E-state index contributed by atoms with van der Waals surface area (Å²) in [6.45, 7) is 11.9. The molecular formula is C24H32N4O2. The third kappa shape index (κ3) is 4.94. The summed E-state index contributed by atoms with van der Waals surface area (Å²) in [4.78, 5) is 19.5. The van der Waals surface area contributed by atoms with Crippen LogP contribution in [0.5, 0.6) is 0 Å². The van der Waals surface area contributed by atoms with E-state index in [1.54, 1.807) is 0 Å². The highest BCUT2D eigenvalue weighted by Crippen LogP contribution is 2.24. The van der Waals surface area contributed by atoms with Crippen LogP contribution in [0.25, 0.3) is 0 Å². The molecule has 1 amide bonds. The lowest BCUT2D eigenvalue weighted by Gasteiger charge is -2.36. The van der Waals surface area contributed by atoms with Crippen LogP contribution < -0.4 is 15.1 Å². The second-order valence-electron chi connectivity index (χ2n) is 8.18. The van der Waals surface area contributed by atoms with E-state index in [2.05, 4.69) is 64.2 Å². The van der Waals surface area contributed by atoms with Gasteiger partial charge in [-0.25, -0.2) is 0 Å². The van der Waals surface area contributed by atoms with Crippen molar-refractivity contribution in [3.8, 4) is 0 Å². The van der Waals surface area contributed by atoms with Crippen LogP contribution in [0.3, 0.4) is 0 Å². The molecule has 2 aliphatic rings. The van der Waals surface area contributed by atoms with E-state index in [1.807, 2.05) is 12.1 Å². The van der Waals surface area contributed by atoms with Crippen molar-refractivity contribution in [2.24, 2.45) is 0 Å². The molecule has 0 radical (unpaired) electrons. The van der Waals surface area contributed by atoms with Crippen molar-refractivity contribution in [3.63, 3.8) is 0 Å². The Balaban J connectivity index is 1.25. The maximum atomic E-state index is 12.5. The van der Waals surface area contributed by atoms with Crippen molar-refractivity contribution < 1.29 is 9.53 Å².